The average molecular weight is 545 g/mol. The highest BCUT2D eigenvalue weighted by Crippen LogP contribution is 2.48. The Kier molecular flexibility index (Phi) is 6.47. The van der Waals surface area contributed by atoms with Crippen molar-refractivity contribution in [3.63, 3.8) is 0 Å². The van der Waals surface area contributed by atoms with E-state index in [1.165, 1.54) is 6.33 Å². The number of hydrogen-bond donors (Lipinski definition) is 1. The van der Waals surface area contributed by atoms with E-state index in [0.29, 0.717) is 36.3 Å². The predicted molar refractivity (Wildman–Crippen MR) is 151 cm³/mol. The van der Waals surface area contributed by atoms with Gasteiger partial charge in [-0.1, -0.05) is 5.16 Å². The molecule has 0 spiro atoms. The Balaban J connectivity index is 1.30. The van der Waals surface area contributed by atoms with Crippen LogP contribution in [0, 0.1) is 0 Å². The van der Waals surface area contributed by atoms with Crippen molar-refractivity contribution in [3.05, 3.63) is 36.2 Å². The monoisotopic (exact) mass is 544 g/mol. The van der Waals surface area contributed by atoms with Crippen LogP contribution >= 0.6 is 0 Å². The lowest BCUT2D eigenvalue weighted by atomic mass is 9.91. The molecule has 2 N–H and O–H groups in total. The number of nitrogens with zero attached hydrogens (tertiary/aromatic N) is 7. The zero-order valence-corrected chi connectivity index (χ0v) is 23.7. The quantitative estimate of drug-likeness (QED) is 0.335. The maximum atomic E-state index is 12.5. The fraction of sp³-hybridized carbons (Fsp3) is 0.517. The molecule has 1 amide bonds. The summed E-state index contributed by atoms with van der Waals surface area (Å²) in [5.41, 5.74) is 9.95. The molecule has 4 aromatic rings. The van der Waals surface area contributed by atoms with Crippen LogP contribution in [0.15, 0.2) is 29.4 Å². The highest BCUT2D eigenvalue weighted by Gasteiger charge is 2.36. The molecule has 2 fully saturated rings. The fourth-order valence-electron chi connectivity index (χ4n) is 5.41. The van der Waals surface area contributed by atoms with Crippen molar-refractivity contribution in [2.75, 3.05) is 18.8 Å². The number of carbonyl (C=O) groups is 1. The number of aromatic nitrogens is 6. The van der Waals surface area contributed by atoms with Gasteiger partial charge in [-0.15, -0.1) is 0 Å². The molecule has 1 saturated heterocycles. The van der Waals surface area contributed by atoms with Gasteiger partial charge in [0, 0.05) is 49.2 Å². The van der Waals surface area contributed by atoms with Crippen LogP contribution < -0.4 is 5.73 Å². The lowest BCUT2D eigenvalue weighted by molar-refractivity contribution is 0.0204. The van der Waals surface area contributed by atoms with Gasteiger partial charge in [-0.2, -0.15) is 0 Å². The summed E-state index contributed by atoms with van der Waals surface area (Å²) in [6.07, 6.45) is 10.8. The molecule has 0 unspecified atom stereocenters. The van der Waals surface area contributed by atoms with Crippen LogP contribution in [-0.4, -0.2) is 59.3 Å². The van der Waals surface area contributed by atoms with Gasteiger partial charge in [-0.05, 0) is 71.8 Å². The minimum absolute atomic E-state index is 0.168. The van der Waals surface area contributed by atoms with E-state index >= 15 is 0 Å². The van der Waals surface area contributed by atoms with Crippen LogP contribution in [0.25, 0.3) is 33.7 Å². The van der Waals surface area contributed by atoms with Gasteiger partial charge in [0.1, 0.15) is 29.1 Å². The summed E-state index contributed by atoms with van der Waals surface area (Å²) in [4.78, 5) is 32.6. The normalized spacial score (nSPS) is 16.7. The first kappa shape index (κ1) is 26.2. The summed E-state index contributed by atoms with van der Waals surface area (Å²) in [5, 5.41) is 5.27. The van der Waals surface area contributed by atoms with Crippen LogP contribution in [0.1, 0.15) is 89.5 Å². The number of nitrogens with two attached hydrogens (primary N) is 1. The zero-order valence-electron chi connectivity index (χ0n) is 23.7. The van der Waals surface area contributed by atoms with E-state index in [0.717, 1.165) is 59.2 Å². The van der Waals surface area contributed by atoms with Gasteiger partial charge in [-0.25, -0.2) is 24.7 Å². The van der Waals surface area contributed by atoms with Crippen molar-refractivity contribution in [2.45, 2.75) is 83.8 Å². The molecular formula is C29H36N8O3. The molecule has 0 radical (unpaired) electrons. The Morgan fingerprint density at radius 2 is 1.75 bits per heavy atom. The van der Waals surface area contributed by atoms with Crippen LogP contribution in [0.4, 0.5) is 10.6 Å². The predicted octanol–water partition coefficient (Wildman–Crippen LogP) is 5.70. The number of carbonyl (C=O) groups excluding carboxylic acids is 1. The molecule has 5 heterocycles. The number of piperidine rings is 1. The van der Waals surface area contributed by atoms with E-state index < -0.39 is 5.60 Å². The minimum Gasteiger partial charge on any atom is -0.444 e. The number of hydrogen-bond acceptors (Lipinski definition) is 9. The lowest BCUT2D eigenvalue weighted by Gasteiger charge is -2.33. The second kappa shape index (κ2) is 9.87. The van der Waals surface area contributed by atoms with Crippen molar-refractivity contribution in [1.29, 1.82) is 0 Å². The highest BCUT2D eigenvalue weighted by atomic mass is 16.6. The van der Waals surface area contributed by atoms with Gasteiger partial charge in [0.2, 0.25) is 0 Å². The smallest absolute Gasteiger partial charge is 0.410 e. The molecule has 210 valence electrons. The summed E-state index contributed by atoms with van der Waals surface area (Å²) < 4.78 is 13.5. The standard InChI is InChI=1S/C29H36N8O3/c1-16(2)37-14-20(21-25(30)33-15-34-27(21)37)23-22(24(40-35-23)18-6-7-18)26-31-12-19(13-32-26)17-8-10-36(11-9-17)28(38)39-29(3,4)5/h12-18H,6-11H2,1-5H3,(H2,30,33,34). The average Bonchev–Trinajstić information content (AvgIpc) is 3.54. The van der Waals surface area contributed by atoms with E-state index in [9.17, 15) is 4.79 Å². The lowest BCUT2D eigenvalue weighted by Crippen LogP contribution is -2.41. The van der Waals surface area contributed by atoms with Crippen LogP contribution in [0.2, 0.25) is 0 Å². The van der Waals surface area contributed by atoms with E-state index in [2.05, 4.69) is 33.5 Å². The molecule has 11 heteroatoms. The molecule has 1 aliphatic heterocycles. The Bertz CT molecular complexity index is 1540. The third-order valence-corrected chi connectivity index (χ3v) is 7.63. The first-order valence-corrected chi connectivity index (χ1v) is 14.0. The SMILES string of the molecule is CC(C)n1cc(-c2noc(C3CC3)c2-c2ncc(C3CCN(C(=O)OC(C)(C)C)CC3)cn2)c2c(N)ncnc21. The van der Waals surface area contributed by atoms with Gasteiger partial charge < -0.3 is 24.5 Å². The Morgan fingerprint density at radius 1 is 1.05 bits per heavy atom. The van der Waals surface area contributed by atoms with Crippen LogP contribution in [0.5, 0.6) is 0 Å². The van der Waals surface area contributed by atoms with Crippen molar-refractivity contribution in [1.82, 2.24) is 34.6 Å². The van der Waals surface area contributed by atoms with Crippen LogP contribution in [0.3, 0.4) is 0 Å². The Morgan fingerprint density at radius 3 is 2.38 bits per heavy atom. The minimum atomic E-state index is -0.500. The first-order chi connectivity index (χ1) is 19.1. The fourth-order valence-corrected chi connectivity index (χ4v) is 5.41. The summed E-state index contributed by atoms with van der Waals surface area (Å²) >= 11 is 0. The number of anilines is 1. The molecule has 1 aliphatic carbocycles. The molecular weight excluding hydrogens is 508 g/mol. The van der Waals surface area contributed by atoms with E-state index in [-0.39, 0.29) is 18.1 Å². The van der Waals surface area contributed by atoms with E-state index in [4.69, 9.17) is 25.0 Å². The van der Waals surface area contributed by atoms with E-state index in [1.54, 1.807) is 4.90 Å². The topological polar surface area (TPSA) is 138 Å². The Labute approximate surface area is 233 Å². The van der Waals surface area contributed by atoms with Crippen molar-refractivity contribution in [3.8, 4) is 22.6 Å². The molecule has 0 aromatic carbocycles. The first-order valence-electron chi connectivity index (χ1n) is 14.0. The molecule has 0 bridgehead atoms. The molecule has 11 nitrogen and oxygen atoms in total. The highest BCUT2D eigenvalue weighted by molar-refractivity contribution is 6.02. The zero-order chi connectivity index (χ0) is 28.2. The number of fused-ring (bicyclic) bond motifs is 1. The Hall–Kier alpha value is -4.02. The van der Waals surface area contributed by atoms with Crippen molar-refractivity contribution < 1.29 is 14.1 Å². The van der Waals surface area contributed by atoms with Crippen molar-refractivity contribution in [2.24, 2.45) is 0 Å². The summed E-state index contributed by atoms with van der Waals surface area (Å²) in [5.74, 6) is 2.38. The number of ether oxygens (including phenoxy) is 1. The number of nitrogen functional groups attached to an aromatic ring is 1. The van der Waals surface area contributed by atoms with Gasteiger partial charge in [0.15, 0.2) is 11.6 Å². The van der Waals surface area contributed by atoms with Crippen molar-refractivity contribution >= 4 is 22.9 Å². The van der Waals surface area contributed by atoms with Gasteiger partial charge >= 0.3 is 6.09 Å². The van der Waals surface area contributed by atoms with E-state index in [1.807, 2.05) is 39.4 Å². The molecule has 6 rings (SSSR count). The molecule has 0 atom stereocenters. The molecule has 40 heavy (non-hydrogen) atoms. The number of likely N-dealkylation sites (tertiary alicyclic amines) is 1. The maximum Gasteiger partial charge on any atom is 0.410 e. The summed E-state index contributed by atoms with van der Waals surface area (Å²) in [6.45, 7) is 11.1. The van der Waals surface area contributed by atoms with Crippen LogP contribution in [-0.2, 0) is 4.74 Å². The summed E-state index contributed by atoms with van der Waals surface area (Å²) in [7, 11) is 0. The number of rotatable bonds is 5. The maximum absolute atomic E-state index is 12.5. The molecule has 4 aromatic heterocycles. The summed E-state index contributed by atoms with van der Waals surface area (Å²) in [6, 6.07) is 0.168. The largest absolute Gasteiger partial charge is 0.444 e. The van der Waals surface area contributed by atoms with Gasteiger partial charge in [0.05, 0.1) is 10.9 Å². The third kappa shape index (κ3) is 4.89. The number of amides is 1. The molecule has 1 saturated carbocycles. The van der Waals surface area contributed by atoms with Gasteiger partial charge in [-0.3, -0.25) is 0 Å². The van der Waals surface area contributed by atoms with Gasteiger partial charge in [0.25, 0.3) is 0 Å². The molecule has 2 aliphatic rings. The second-order valence-corrected chi connectivity index (χ2v) is 12.1. The third-order valence-electron chi connectivity index (χ3n) is 7.63. The second-order valence-electron chi connectivity index (χ2n) is 12.1.